The molecule has 2 aromatic heterocycles. The van der Waals surface area contributed by atoms with Gasteiger partial charge in [0.15, 0.2) is 5.65 Å². The predicted molar refractivity (Wildman–Crippen MR) is 118 cm³/mol. The van der Waals surface area contributed by atoms with E-state index >= 15 is 0 Å². The summed E-state index contributed by atoms with van der Waals surface area (Å²) in [5.74, 6) is 0.0246. The van der Waals surface area contributed by atoms with E-state index in [-0.39, 0.29) is 11.5 Å². The van der Waals surface area contributed by atoms with Crippen LogP contribution in [0.2, 0.25) is 0 Å². The Hall–Kier alpha value is -1.75. The zero-order valence-electron chi connectivity index (χ0n) is 18.4. The maximum Gasteiger partial charge on any atom is 0.281 e. The van der Waals surface area contributed by atoms with Crippen molar-refractivity contribution in [2.24, 2.45) is 0 Å². The molecule has 0 aromatic carbocycles. The number of rotatable bonds is 4. The Bertz CT molecular complexity index is 1130. The fraction of sp³-hybridized carbons (Fsp3) is 0.714. The molecule has 0 spiro atoms. The lowest BCUT2D eigenvalue weighted by Gasteiger charge is -2.33. The average Bonchev–Trinajstić information content (AvgIpc) is 3.44. The van der Waals surface area contributed by atoms with E-state index in [1.54, 1.807) is 18.6 Å². The third kappa shape index (κ3) is 3.73. The summed E-state index contributed by atoms with van der Waals surface area (Å²) in [6.45, 7) is 2.59. The van der Waals surface area contributed by atoms with Crippen LogP contribution in [0.4, 0.5) is 0 Å². The van der Waals surface area contributed by atoms with Crippen molar-refractivity contribution >= 4 is 15.9 Å². The van der Waals surface area contributed by atoms with Gasteiger partial charge in [0, 0.05) is 70.4 Å². The summed E-state index contributed by atoms with van der Waals surface area (Å²) in [4.78, 5) is 20.6. The third-order valence-corrected chi connectivity index (χ3v) is 9.17. The number of H-pyrrole nitrogens is 1. The maximum absolute atomic E-state index is 13.3. The van der Waals surface area contributed by atoms with E-state index in [9.17, 15) is 13.2 Å². The molecule has 2 aromatic rings. The van der Waals surface area contributed by atoms with Gasteiger partial charge in [-0.05, 0) is 25.7 Å². The summed E-state index contributed by atoms with van der Waals surface area (Å²) in [5.41, 5.74) is 3.25. The minimum absolute atomic E-state index is 0.0116. The molecule has 1 N–H and O–H groups in total. The van der Waals surface area contributed by atoms with Gasteiger partial charge in [-0.3, -0.25) is 14.8 Å². The van der Waals surface area contributed by atoms with Crippen molar-refractivity contribution in [3.8, 4) is 0 Å². The van der Waals surface area contributed by atoms with Gasteiger partial charge in [-0.1, -0.05) is 12.8 Å². The van der Waals surface area contributed by atoms with Crippen molar-refractivity contribution in [1.82, 2.24) is 28.1 Å². The number of hydrogen-bond acceptors (Lipinski definition) is 5. The molecule has 4 heterocycles. The first-order chi connectivity index (χ1) is 14.8. The van der Waals surface area contributed by atoms with Crippen LogP contribution in [0.5, 0.6) is 0 Å². The number of aromatic amines is 1. The van der Waals surface area contributed by atoms with Gasteiger partial charge in [-0.15, -0.1) is 0 Å². The summed E-state index contributed by atoms with van der Waals surface area (Å²) in [6.07, 6.45) is 7.52. The lowest BCUT2D eigenvalue weighted by atomic mass is 9.96. The Morgan fingerprint density at radius 2 is 1.90 bits per heavy atom. The summed E-state index contributed by atoms with van der Waals surface area (Å²) < 4.78 is 29.5. The topological polar surface area (TPSA) is 94.0 Å². The highest BCUT2D eigenvalue weighted by molar-refractivity contribution is 7.86. The van der Waals surface area contributed by atoms with E-state index in [1.165, 1.54) is 34.3 Å². The molecule has 1 aliphatic carbocycles. The minimum Gasteiger partial charge on any atom is -0.295 e. The predicted octanol–water partition coefficient (Wildman–Crippen LogP) is 1.31. The first-order valence-corrected chi connectivity index (χ1v) is 12.8. The molecule has 1 saturated heterocycles. The van der Waals surface area contributed by atoms with Crippen molar-refractivity contribution in [2.75, 3.05) is 33.7 Å². The monoisotopic (exact) mass is 448 g/mol. The quantitative estimate of drug-likeness (QED) is 0.761. The molecular weight excluding hydrogens is 416 g/mol. The van der Waals surface area contributed by atoms with Crippen LogP contribution < -0.4 is 5.56 Å². The largest absolute Gasteiger partial charge is 0.295 e. The van der Waals surface area contributed by atoms with Gasteiger partial charge in [-0.25, -0.2) is 9.50 Å². The van der Waals surface area contributed by atoms with Gasteiger partial charge in [0.2, 0.25) is 0 Å². The van der Waals surface area contributed by atoms with Crippen LogP contribution in [-0.2, 0) is 23.2 Å². The molecule has 31 heavy (non-hydrogen) atoms. The molecular formula is C21H32N6O3S. The number of fused-ring (bicyclic) bond motifs is 2. The molecule has 0 amide bonds. The molecule has 1 atom stereocenters. The Kier molecular flexibility index (Phi) is 5.44. The second-order valence-electron chi connectivity index (χ2n) is 9.39. The molecule has 2 fully saturated rings. The lowest BCUT2D eigenvalue weighted by molar-refractivity contribution is 0.178. The van der Waals surface area contributed by atoms with Crippen LogP contribution in [0.25, 0.3) is 5.65 Å². The number of nitrogens with one attached hydrogen (secondary N) is 1. The van der Waals surface area contributed by atoms with Crippen molar-refractivity contribution < 1.29 is 8.42 Å². The molecule has 0 radical (unpaired) electrons. The van der Waals surface area contributed by atoms with E-state index in [2.05, 4.69) is 10.00 Å². The van der Waals surface area contributed by atoms with Crippen molar-refractivity contribution in [3.63, 3.8) is 0 Å². The normalized spacial score (nSPS) is 24.3. The number of aromatic nitrogens is 3. The Morgan fingerprint density at radius 3 is 2.65 bits per heavy atom. The van der Waals surface area contributed by atoms with E-state index in [0.717, 1.165) is 42.8 Å². The van der Waals surface area contributed by atoms with Crippen LogP contribution in [0.15, 0.2) is 10.9 Å². The van der Waals surface area contributed by atoms with Crippen molar-refractivity contribution in [1.29, 1.82) is 0 Å². The number of piperidine rings is 1. The molecule has 0 bridgehead atoms. The molecule has 3 aliphatic rings. The highest BCUT2D eigenvalue weighted by Gasteiger charge is 2.33. The van der Waals surface area contributed by atoms with Crippen LogP contribution in [0, 0.1) is 0 Å². The first kappa shape index (κ1) is 21.1. The standard InChI is InChI=1S/C21H32N6O3S/c1-24(2)31(29,30)26-10-5-6-15(13-26)19-12-20-22-18-9-11-25(16-7-3-4-8-16)14-17(18)21(28)27(20)23-19/h12,15-16,23H,3-11,13-14H2,1-2H3/t15-/m0/s1. The van der Waals surface area contributed by atoms with Gasteiger partial charge < -0.3 is 0 Å². The van der Waals surface area contributed by atoms with Crippen LogP contribution in [-0.4, -0.2) is 76.3 Å². The molecule has 2 aliphatic heterocycles. The Morgan fingerprint density at radius 1 is 1.13 bits per heavy atom. The molecule has 10 heteroatoms. The Balaban J connectivity index is 1.43. The zero-order chi connectivity index (χ0) is 21.8. The van der Waals surface area contributed by atoms with Gasteiger partial charge in [0.05, 0.1) is 11.3 Å². The zero-order valence-corrected chi connectivity index (χ0v) is 19.2. The Labute approximate surface area is 183 Å². The van der Waals surface area contributed by atoms with Gasteiger partial charge >= 0.3 is 0 Å². The molecule has 9 nitrogen and oxygen atoms in total. The first-order valence-electron chi connectivity index (χ1n) is 11.4. The van der Waals surface area contributed by atoms with Crippen LogP contribution in [0.3, 0.4) is 0 Å². The van der Waals surface area contributed by atoms with Gasteiger partial charge in [0.25, 0.3) is 15.8 Å². The van der Waals surface area contributed by atoms with Crippen molar-refractivity contribution in [3.05, 3.63) is 33.4 Å². The van der Waals surface area contributed by atoms with Gasteiger partial charge in [0.1, 0.15) is 0 Å². The second kappa shape index (κ2) is 7.99. The summed E-state index contributed by atoms with van der Waals surface area (Å²) in [7, 11) is -0.323. The molecule has 170 valence electrons. The van der Waals surface area contributed by atoms with Crippen molar-refractivity contribution in [2.45, 2.75) is 63.5 Å². The molecule has 5 rings (SSSR count). The SMILES string of the molecule is CN(C)S(=O)(=O)N1CCC[C@H](c2cc3nc4c(c(=O)n3[nH]2)CN(C2CCCC2)CC4)C1. The molecule has 0 unspecified atom stereocenters. The molecule has 1 saturated carbocycles. The second-order valence-corrected chi connectivity index (χ2v) is 11.5. The summed E-state index contributed by atoms with van der Waals surface area (Å²) >= 11 is 0. The third-order valence-electron chi connectivity index (χ3n) is 7.26. The maximum atomic E-state index is 13.3. The lowest BCUT2D eigenvalue weighted by Crippen LogP contribution is -2.45. The van der Waals surface area contributed by atoms with Crippen LogP contribution in [0.1, 0.15) is 61.4 Å². The van der Waals surface area contributed by atoms with Gasteiger partial charge in [-0.2, -0.15) is 17.0 Å². The minimum atomic E-state index is -3.44. The highest BCUT2D eigenvalue weighted by atomic mass is 32.2. The number of nitrogens with zero attached hydrogens (tertiary/aromatic N) is 5. The van der Waals surface area contributed by atoms with Crippen LogP contribution >= 0.6 is 0 Å². The summed E-state index contributed by atoms with van der Waals surface area (Å²) in [6, 6.07) is 2.53. The fourth-order valence-corrected chi connectivity index (χ4v) is 6.64. The van der Waals surface area contributed by atoms with E-state index in [0.29, 0.717) is 31.3 Å². The number of hydrogen-bond donors (Lipinski definition) is 1. The summed E-state index contributed by atoms with van der Waals surface area (Å²) in [5, 5.41) is 3.26. The smallest absolute Gasteiger partial charge is 0.281 e. The van der Waals surface area contributed by atoms with E-state index in [4.69, 9.17) is 4.98 Å². The average molecular weight is 449 g/mol. The van der Waals surface area contributed by atoms with E-state index < -0.39 is 10.2 Å². The van der Waals surface area contributed by atoms with E-state index in [1.807, 2.05) is 6.07 Å². The fourth-order valence-electron chi connectivity index (χ4n) is 5.45. The highest BCUT2D eigenvalue weighted by Crippen LogP contribution is 2.30.